The number of carbonyl (C=O) groups excluding carboxylic acids is 2. The average molecular weight is 393 g/mol. The molecule has 0 aromatic heterocycles. The molecule has 0 bridgehead atoms. The van der Waals surface area contributed by atoms with E-state index in [-0.39, 0.29) is 17.7 Å². The molecule has 0 saturated heterocycles. The number of para-hydroxylation sites is 1. The summed E-state index contributed by atoms with van der Waals surface area (Å²) in [6, 6.07) is 10.5. The number of nitrogens with one attached hydrogen (secondary N) is 1. The fourth-order valence-electron chi connectivity index (χ4n) is 2.30. The van der Waals surface area contributed by atoms with E-state index in [4.69, 9.17) is 21.1 Å². The lowest BCUT2D eigenvalue weighted by Gasteiger charge is -2.15. The van der Waals surface area contributed by atoms with Gasteiger partial charge in [0.25, 0.3) is 11.6 Å². The summed E-state index contributed by atoms with van der Waals surface area (Å²) in [5, 5.41) is 14.0. The highest BCUT2D eigenvalue weighted by Gasteiger charge is 2.22. The third kappa shape index (κ3) is 5.42. The molecule has 9 heteroatoms. The maximum atomic E-state index is 12.3. The van der Waals surface area contributed by atoms with Crippen LogP contribution < -0.4 is 10.1 Å². The number of hydrogen-bond donors (Lipinski definition) is 1. The lowest BCUT2D eigenvalue weighted by atomic mass is 10.1. The SMILES string of the molecule is COc1ccc(Cl)cc1NC(=O)[C@@H](C)OC(=O)Cc1ccccc1[N+](=O)[O-]. The van der Waals surface area contributed by atoms with Crippen LogP contribution in [0, 0.1) is 10.1 Å². The number of rotatable bonds is 7. The van der Waals surface area contributed by atoms with E-state index in [2.05, 4.69) is 5.32 Å². The Hall–Kier alpha value is -3.13. The molecule has 27 heavy (non-hydrogen) atoms. The molecule has 2 aromatic rings. The van der Waals surface area contributed by atoms with E-state index in [1.165, 1.54) is 38.3 Å². The van der Waals surface area contributed by atoms with E-state index in [0.29, 0.717) is 16.5 Å². The van der Waals surface area contributed by atoms with E-state index in [0.717, 1.165) is 0 Å². The Labute approximate surface area is 160 Å². The van der Waals surface area contributed by atoms with Gasteiger partial charge >= 0.3 is 5.97 Å². The van der Waals surface area contributed by atoms with Gasteiger partial charge in [-0.2, -0.15) is 0 Å². The van der Waals surface area contributed by atoms with E-state index in [1.54, 1.807) is 18.2 Å². The Morgan fingerprint density at radius 2 is 1.96 bits per heavy atom. The normalized spacial score (nSPS) is 11.4. The minimum atomic E-state index is -1.12. The predicted molar refractivity (Wildman–Crippen MR) is 99.0 cm³/mol. The zero-order valence-corrected chi connectivity index (χ0v) is 15.4. The average Bonchev–Trinajstić information content (AvgIpc) is 2.62. The van der Waals surface area contributed by atoms with Crippen LogP contribution in [-0.4, -0.2) is 30.0 Å². The molecule has 0 heterocycles. The van der Waals surface area contributed by atoms with Crippen molar-refractivity contribution in [3.8, 4) is 5.75 Å². The first-order valence-electron chi connectivity index (χ1n) is 7.88. The van der Waals surface area contributed by atoms with Gasteiger partial charge < -0.3 is 14.8 Å². The molecule has 0 aliphatic heterocycles. The summed E-state index contributed by atoms with van der Waals surface area (Å²) in [4.78, 5) is 34.7. The quantitative estimate of drug-likeness (QED) is 0.439. The summed E-state index contributed by atoms with van der Waals surface area (Å²) in [6.45, 7) is 1.39. The summed E-state index contributed by atoms with van der Waals surface area (Å²) in [7, 11) is 1.44. The van der Waals surface area contributed by atoms with Gasteiger partial charge in [0.05, 0.1) is 24.1 Å². The Morgan fingerprint density at radius 3 is 2.63 bits per heavy atom. The molecule has 0 fully saturated rings. The molecule has 0 aliphatic carbocycles. The number of nitro groups is 1. The van der Waals surface area contributed by atoms with Crippen LogP contribution in [0.15, 0.2) is 42.5 Å². The predicted octanol–water partition coefficient (Wildman–Crippen LogP) is 3.37. The van der Waals surface area contributed by atoms with Crippen LogP contribution in [0.4, 0.5) is 11.4 Å². The largest absolute Gasteiger partial charge is 0.495 e. The van der Waals surface area contributed by atoms with Crippen molar-refractivity contribution in [1.29, 1.82) is 0 Å². The molecular weight excluding hydrogens is 376 g/mol. The summed E-state index contributed by atoms with van der Waals surface area (Å²) in [5.74, 6) is -0.956. The van der Waals surface area contributed by atoms with Crippen molar-refractivity contribution >= 4 is 34.9 Å². The Balaban J connectivity index is 2.01. The topological polar surface area (TPSA) is 108 Å². The second-order valence-electron chi connectivity index (χ2n) is 5.53. The van der Waals surface area contributed by atoms with Gasteiger partial charge in [0.1, 0.15) is 5.75 Å². The third-order valence-electron chi connectivity index (χ3n) is 3.62. The van der Waals surface area contributed by atoms with Crippen molar-refractivity contribution in [2.75, 3.05) is 12.4 Å². The standard InChI is InChI=1S/C18H17ClN2O6/c1-11(18(23)20-14-10-13(19)7-8-16(14)26-2)27-17(22)9-12-5-3-4-6-15(12)21(24)25/h3-8,10-11H,9H2,1-2H3,(H,20,23)/t11-/m1/s1. The van der Waals surface area contributed by atoms with Crippen LogP contribution in [0.25, 0.3) is 0 Å². The first-order chi connectivity index (χ1) is 12.8. The molecule has 1 amide bonds. The Bertz CT molecular complexity index is 871. The van der Waals surface area contributed by atoms with E-state index in [1.807, 2.05) is 0 Å². The zero-order chi connectivity index (χ0) is 20.0. The number of carbonyl (C=O) groups is 2. The molecule has 8 nitrogen and oxygen atoms in total. The Morgan fingerprint density at radius 1 is 1.26 bits per heavy atom. The van der Waals surface area contributed by atoms with Gasteiger partial charge in [0.15, 0.2) is 6.10 Å². The van der Waals surface area contributed by atoms with Crippen molar-refractivity contribution in [2.45, 2.75) is 19.4 Å². The van der Waals surface area contributed by atoms with Crippen LogP contribution in [-0.2, 0) is 20.7 Å². The molecule has 2 aromatic carbocycles. The highest BCUT2D eigenvalue weighted by atomic mass is 35.5. The van der Waals surface area contributed by atoms with Gasteiger partial charge in [0, 0.05) is 16.7 Å². The number of ether oxygens (including phenoxy) is 2. The molecule has 2 rings (SSSR count). The number of halogens is 1. The number of nitro benzene ring substituents is 1. The van der Waals surface area contributed by atoms with Crippen molar-refractivity contribution in [3.05, 3.63) is 63.2 Å². The fraction of sp³-hybridized carbons (Fsp3) is 0.222. The highest BCUT2D eigenvalue weighted by molar-refractivity contribution is 6.31. The van der Waals surface area contributed by atoms with Crippen LogP contribution >= 0.6 is 11.6 Å². The number of methoxy groups -OCH3 is 1. The van der Waals surface area contributed by atoms with E-state index >= 15 is 0 Å². The van der Waals surface area contributed by atoms with Gasteiger partial charge in [-0.25, -0.2) is 0 Å². The van der Waals surface area contributed by atoms with Gasteiger partial charge in [-0.15, -0.1) is 0 Å². The maximum Gasteiger partial charge on any atom is 0.311 e. The third-order valence-corrected chi connectivity index (χ3v) is 3.86. The van der Waals surface area contributed by atoms with Crippen molar-refractivity contribution in [1.82, 2.24) is 0 Å². The number of hydrogen-bond acceptors (Lipinski definition) is 6. The summed E-state index contributed by atoms with van der Waals surface area (Å²) >= 11 is 5.90. The fourth-order valence-corrected chi connectivity index (χ4v) is 2.47. The zero-order valence-electron chi connectivity index (χ0n) is 14.6. The van der Waals surface area contributed by atoms with Crippen molar-refractivity contribution < 1.29 is 24.0 Å². The number of amides is 1. The highest BCUT2D eigenvalue weighted by Crippen LogP contribution is 2.28. The second-order valence-corrected chi connectivity index (χ2v) is 5.96. The van der Waals surface area contributed by atoms with Crippen molar-refractivity contribution in [3.63, 3.8) is 0 Å². The second kappa shape index (κ2) is 9.00. The molecule has 0 radical (unpaired) electrons. The number of anilines is 1. The minimum Gasteiger partial charge on any atom is -0.495 e. The summed E-state index contributed by atoms with van der Waals surface area (Å²) < 4.78 is 10.2. The Kier molecular flexibility index (Phi) is 6.73. The summed E-state index contributed by atoms with van der Waals surface area (Å²) in [5.41, 5.74) is 0.350. The summed E-state index contributed by atoms with van der Waals surface area (Å²) in [6.07, 6.45) is -1.45. The molecule has 1 N–H and O–H groups in total. The van der Waals surface area contributed by atoms with Gasteiger partial charge in [-0.1, -0.05) is 29.8 Å². The number of esters is 1. The van der Waals surface area contributed by atoms with Crippen LogP contribution in [0.2, 0.25) is 5.02 Å². The van der Waals surface area contributed by atoms with E-state index in [9.17, 15) is 19.7 Å². The van der Waals surface area contributed by atoms with Crippen LogP contribution in [0.3, 0.4) is 0 Å². The van der Waals surface area contributed by atoms with Gasteiger partial charge in [-0.05, 0) is 25.1 Å². The molecule has 0 spiro atoms. The minimum absolute atomic E-state index is 0.185. The van der Waals surface area contributed by atoms with E-state index < -0.39 is 22.9 Å². The molecular formula is C18H17ClN2O6. The molecule has 0 aliphatic rings. The smallest absolute Gasteiger partial charge is 0.311 e. The van der Waals surface area contributed by atoms with Crippen LogP contribution in [0.5, 0.6) is 5.75 Å². The van der Waals surface area contributed by atoms with Crippen LogP contribution in [0.1, 0.15) is 12.5 Å². The van der Waals surface area contributed by atoms with Crippen molar-refractivity contribution in [2.24, 2.45) is 0 Å². The monoisotopic (exact) mass is 392 g/mol. The molecule has 0 saturated carbocycles. The molecule has 142 valence electrons. The lowest BCUT2D eigenvalue weighted by Crippen LogP contribution is -2.30. The molecule has 1 atom stereocenters. The maximum absolute atomic E-state index is 12.3. The molecule has 0 unspecified atom stereocenters. The van der Waals surface area contributed by atoms with Gasteiger partial charge in [0.2, 0.25) is 0 Å². The lowest BCUT2D eigenvalue weighted by molar-refractivity contribution is -0.385. The van der Waals surface area contributed by atoms with Gasteiger partial charge in [-0.3, -0.25) is 19.7 Å². The number of benzene rings is 2. The first-order valence-corrected chi connectivity index (χ1v) is 8.25. The first kappa shape index (κ1) is 20.2. The number of nitrogens with zero attached hydrogens (tertiary/aromatic N) is 1.